The van der Waals surface area contributed by atoms with Gasteiger partial charge < -0.3 is 4.57 Å². The van der Waals surface area contributed by atoms with Gasteiger partial charge in [0.2, 0.25) is 0 Å². The lowest BCUT2D eigenvalue weighted by molar-refractivity contribution is -0.141. The Kier molecular flexibility index (Phi) is 4.46. The van der Waals surface area contributed by atoms with Gasteiger partial charge in [0.05, 0.1) is 0 Å². The summed E-state index contributed by atoms with van der Waals surface area (Å²) in [6.45, 7) is 0. The zero-order valence-corrected chi connectivity index (χ0v) is 13.7. The number of aromatic nitrogens is 5. The molecule has 0 atom stereocenters. The van der Waals surface area contributed by atoms with E-state index in [0.29, 0.717) is 16.0 Å². The van der Waals surface area contributed by atoms with Crippen LogP contribution in [0.4, 0.5) is 13.2 Å². The minimum Gasteiger partial charge on any atom is -0.305 e. The van der Waals surface area contributed by atoms with E-state index in [2.05, 4.69) is 20.4 Å². The summed E-state index contributed by atoms with van der Waals surface area (Å²) in [5, 5.41) is 16.2. The number of hydrogen-bond donors (Lipinski definition) is 0. The molecule has 1 aromatic carbocycles. The maximum absolute atomic E-state index is 12.5. The van der Waals surface area contributed by atoms with Crippen molar-refractivity contribution in [2.75, 3.05) is 0 Å². The fraction of sp³-hybridized carbons (Fsp3) is 0.143. The minimum atomic E-state index is -4.51. The summed E-state index contributed by atoms with van der Waals surface area (Å²) in [6.07, 6.45) is -4.51. The number of alkyl halides is 3. The molecule has 0 radical (unpaired) electrons. The van der Waals surface area contributed by atoms with Gasteiger partial charge in [-0.15, -0.1) is 20.4 Å². The molecule has 0 fully saturated rings. The van der Waals surface area contributed by atoms with E-state index in [0.717, 1.165) is 23.4 Å². The monoisotopic (exact) mass is 371 g/mol. The number of halogens is 4. The highest BCUT2D eigenvalue weighted by atomic mass is 35.5. The standard InChI is InChI=1S/C14H9ClF3N5S/c1-23-12(8-3-2-4-9(15)7-8)21-22-13(23)24-11-6-5-10(19-20-11)14(16,17)18/h2-7H,1H3. The Hall–Kier alpha value is -2.13. The molecule has 0 aliphatic heterocycles. The van der Waals surface area contributed by atoms with Crippen molar-refractivity contribution in [1.29, 1.82) is 0 Å². The molecule has 0 aliphatic rings. The van der Waals surface area contributed by atoms with Crippen molar-refractivity contribution in [3.8, 4) is 11.4 Å². The summed E-state index contributed by atoms with van der Waals surface area (Å²) >= 11 is 7.03. The number of nitrogens with zero attached hydrogens (tertiary/aromatic N) is 5. The summed E-state index contributed by atoms with van der Waals surface area (Å²) in [5.41, 5.74) is -0.257. The van der Waals surface area contributed by atoms with Gasteiger partial charge in [0.1, 0.15) is 5.03 Å². The second kappa shape index (κ2) is 6.40. The normalized spacial score (nSPS) is 11.7. The van der Waals surface area contributed by atoms with Crippen LogP contribution in [0.5, 0.6) is 0 Å². The lowest BCUT2D eigenvalue weighted by Crippen LogP contribution is -2.08. The molecule has 0 saturated heterocycles. The van der Waals surface area contributed by atoms with Crippen LogP contribution < -0.4 is 0 Å². The lowest BCUT2D eigenvalue weighted by Gasteiger charge is -2.05. The molecule has 0 unspecified atom stereocenters. The lowest BCUT2D eigenvalue weighted by atomic mass is 10.2. The van der Waals surface area contributed by atoms with Crippen molar-refractivity contribution in [3.05, 3.63) is 47.1 Å². The zero-order chi connectivity index (χ0) is 17.3. The molecule has 124 valence electrons. The molecule has 0 spiro atoms. The number of benzene rings is 1. The van der Waals surface area contributed by atoms with Crippen molar-refractivity contribution in [2.24, 2.45) is 7.05 Å². The summed E-state index contributed by atoms with van der Waals surface area (Å²) in [7, 11) is 1.75. The van der Waals surface area contributed by atoms with Crippen LogP contribution in [0.1, 0.15) is 5.69 Å². The minimum absolute atomic E-state index is 0.288. The van der Waals surface area contributed by atoms with Crippen molar-refractivity contribution in [1.82, 2.24) is 25.0 Å². The first-order valence-electron chi connectivity index (χ1n) is 6.59. The first-order chi connectivity index (χ1) is 11.3. The Bertz CT molecular complexity index is 864. The van der Waals surface area contributed by atoms with Gasteiger partial charge in [0, 0.05) is 17.6 Å². The fourth-order valence-corrected chi connectivity index (χ4v) is 2.80. The van der Waals surface area contributed by atoms with Crippen molar-refractivity contribution in [2.45, 2.75) is 16.4 Å². The van der Waals surface area contributed by atoms with Crippen LogP contribution in [0.3, 0.4) is 0 Å². The molecule has 0 aliphatic carbocycles. The second-order valence-electron chi connectivity index (χ2n) is 4.73. The second-order valence-corrected chi connectivity index (χ2v) is 6.16. The van der Waals surface area contributed by atoms with E-state index in [1.54, 1.807) is 29.8 Å². The van der Waals surface area contributed by atoms with Crippen LogP contribution in [0.15, 0.2) is 46.6 Å². The van der Waals surface area contributed by atoms with Gasteiger partial charge in [-0.2, -0.15) is 13.2 Å². The SMILES string of the molecule is Cn1c(Sc2ccc(C(F)(F)F)nn2)nnc1-c1cccc(Cl)c1. The summed E-state index contributed by atoms with van der Waals surface area (Å²) in [4.78, 5) is 0. The molecule has 2 aromatic heterocycles. The van der Waals surface area contributed by atoms with Crippen LogP contribution in [0.25, 0.3) is 11.4 Å². The van der Waals surface area contributed by atoms with E-state index in [-0.39, 0.29) is 5.03 Å². The third-order valence-corrected chi connectivity index (χ3v) is 4.24. The summed E-state index contributed by atoms with van der Waals surface area (Å²) in [6, 6.07) is 9.24. The van der Waals surface area contributed by atoms with Crippen molar-refractivity contribution < 1.29 is 13.2 Å². The van der Waals surface area contributed by atoms with Crippen LogP contribution in [-0.4, -0.2) is 25.0 Å². The van der Waals surface area contributed by atoms with E-state index in [4.69, 9.17) is 11.6 Å². The molecule has 3 aromatic rings. The molecule has 10 heteroatoms. The highest BCUT2D eigenvalue weighted by Gasteiger charge is 2.32. The Morgan fingerprint density at radius 1 is 1.04 bits per heavy atom. The molecular formula is C14H9ClF3N5S. The Morgan fingerprint density at radius 2 is 1.83 bits per heavy atom. The van der Waals surface area contributed by atoms with Crippen LogP contribution in [-0.2, 0) is 13.2 Å². The Balaban J connectivity index is 1.84. The zero-order valence-electron chi connectivity index (χ0n) is 12.1. The Morgan fingerprint density at radius 3 is 2.46 bits per heavy atom. The summed E-state index contributed by atoms with van der Waals surface area (Å²) in [5.74, 6) is 0.583. The molecule has 0 N–H and O–H groups in total. The van der Waals surface area contributed by atoms with Gasteiger partial charge in [-0.1, -0.05) is 23.7 Å². The van der Waals surface area contributed by atoms with Gasteiger partial charge in [-0.3, -0.25) is 0 Å². The average Bonchev–Trinajstić information content (AvgIpc) is 2.88. The van der Waals surface area contributed by atoms with Crippen molar-refractivity contribution in [3.63, 3.8) is 0 Å². The van der Waals surface area contributed by atoms with Gasteiger partial charge in [-0.05, 0) is 36.0 Å². The average molecular weight is 372 g/mol. The van der Waals surface area contributed by atoms with E-state index in [1.807, 2.05) is 6.07 Å². The third-order valence-electron chi connectivity index (χ3n) is 3.04. The summed E-state index contributed by atoms with van der Waals surface area (Å²) < 4.78 is 39.2. The molecule has 24 heavy (non-hydrogen) atoms. The van der Waals surface area contributed by atoms with Crippen LogP contribution in [0, 0.1) is 0 Å². The third kappa shape index (κ3) is 3.51. The van der Waals surface area contributed by atoms with Gasteiger partial charge in [0.25, 0.3) is 0 Å². The molecule has 0 bridgehead atoms. The molecule has 2 heterocycles. The predicted octanol–water partition coefficient (Wildman–Crippen LogP) is 4.10. The Labute approximate surface area is 143 Å². The largest absolute Gasteiger partial charge is 0.435 e. The van der Waals surface area contributed by atoms with E-state index < -0.39 is 11.9 Å². The smallest absolute Gasteiger partial charge is 0.305 e. The van der Waals surface area contributed by atoms with E-state index in [9.17, 15) is 13.2 Å². The fourth-order valence-electron chi connectivity index (χ4n) is 1.90. The first-order valence-corrected chi connectivity index (χ1v) is 7.78. The highest BCUT2D eigenvalue weighted by Crippen LogP contribution is 2.30. The van der Waals surface area contributed by atoms with Crippen LogP contribution in [0.2, 0.25) is 5.02 Å². The topological polar surface area (TPSA) is 56.5 Å². The van der Waals surface area contributed by atoms with Gasteiger partial charge in [-0.25, -0.2) is 0 Å². The van der Waals surface area contributed by atoms with E-state index in [1.165, 1.54) is 6.07 Å². The van der Waals surface area contributed by atoms with Gasteiger partial charge in [0.15, 0.2) is 16.7 Å². The van der Waals surface area contributed by atoms with Crippen LogP contribution >= 0.6 is 23.4 Å². The van der Waals surface area contributed by atoms with Gasteiger partial charge >= 0.3 is 6.18 Å². The molecule has 3 rings (SSSR count). The maximum Gasteiger partial charge on any atom is 0.435 e. The first kappa shape index (κ1) is 16.7. The molecule has 0 saturated carbocycles. The van der Waals surface area contributed by atoms with E-state index >= 15 is 0 Å². The highest BCUT2D eigenvalue weighted by molar-refractivity contribution is 7.99. The van der Waals surface area contributed by atoms with Crippen molar-refractivity contribution >= 4 is 23.4 Å². The quantitative estimate of drug-likeness (QED) is 0.694. The predicted molar refractivity (Wildman–Crippen MR) is 82.6 cm³/mol. The molecule has 5 nitrogen and oxygen atoms in total. The molecule has 0 amide bonds. The molecular weight excluding hydrogens is 363 g/mol. The number of hydrogen-bond acceptors (Lipinski definition) is 5. The number of rotatable bonds is 3. The maximum atomic E-state index is 12.5.